The Balaban J connectivity index is 2.01. The van der Waals surface area contributed by atoms with Gasteiger partial charge in [0.2, 0.25) is 0 Å². The normalized spacial score (nSPS) is 22.4. The van der Waals surface area contributed by atoms with E-state index < -0.39 is 0 Å². The molecule has 2 rings (SSSR count). The van der Waals surface area contributed by atoms with E-state index in [1.807, 2.05) is 12.1 Å². The van der Waals surface area contributed by atoms with Crippen LogP contribution in [0.15, 0.2) is 12.1 Å². The van der Waals surface area contributed by atoms with Gasteiger partial charge in [-0.3, -0.25) is 9.69 Å². The molecule has 106 valence electrons. The number of likely N-dealkylation sites (N-methyl/N-ethyl adjacent to an activating group) is 1. The molecule has 3 nitrogen and oxygen atoms in total. The summed E-state index contributed by atoms with van der Waals surface area (Å²) in [6.07, 6.45) is 2.27. The number of rotatable bonds is 4. The first-order valence-electron chi connectivity index (χ1n) is 7.12. The van der Waals surface area contributed by atoms with Gasteiger partial charge in [0.05, 0.1) is 11.4 Å². The molecule has 1 atom stereocenters. The van der Waals surface area contributed by atoms with Crippen molar-refractivity contribution in [1.82, 2.24) is 9.80 Å². The molecule has 1 aliphatic heterocycles. The minimum atomic E-state index is 0.279. The third kappa shape index (κ3) is 3.88. The fourth-order valence-electron chi connectivity index (χ4n) is 2.74. The van der Waals surface area contributed by atoms with Crippen LogP contribution in [0.25, 0.3) is 0 Å². The lowest BCUT2D eigenvalue weighted by molar-refractivity contribution is 0.0892. The number of hydrogen-bond acceptors (Lipinski definition) is 4. The molecule has 1 saturated heterocycles. The number of aryl methyl sites for hydroxylation is 1. The zero-order chi connectivity index (χ0) is 13.8. The summed E-state index contributed by atoms with van der Waals surface area (Å²) in [7, 11) is 2.18. The van der Waals surface area contributed by atoms with Crippen molar-refractivity contribution in [2.24, 2.45) is 0 Å². The average molecular weight is 280 g/mol. The summed E-state index contributed by atoms with van der Waals surface area (Å²) in [6.45, 7) is 8.10. The first-order valence-corrected chi connectivity index (χ1v) is 7.94. The van der Waals surface area contributed by atoms with Crippen molar-refractivity contribution >= 4 is 17.1 Å². The lowest BCUT2D eigenvalue weighted by Gasteiger charge is -2.29. The molecule has 0 N–H and O–H groups in total. The summed E-state index contributed by atoms with van der Waals surface area (Å²) < 4.78 is 0. The molecular formula is C15H24N2OS. The predicted molar refractivity (Wildman–Crippen MR) is 81.2 cm³/mol. The second-order valence-electron chi connectivity index (χ2n) is 5.48. The monoisotopic (exact) mass is 280 g/mol. The highest BCUT2D eigenvalue weighted by atomic mass is 32.1. The van der Waals surface area contributed by atoms with Crippen molar-refractivity contribution in [2.75, 3.05) is 33.2 Å². The van der Waals surface area contributed by atoms with Crippen LogP contribution in [-0.2, 0) is 0 Å². The van der Waals surface area contributed by atoms with Crippen LogP contribution in [0.1, 0.15) is 34.3 Å². The molecule has 19 heavy (non-hydrogen) atoms. The summed E-state index contributed by atoms with van der Waals surface area (Å²) in [5, 5.41) is 0. The van der Waals surface area contributed by atoms with Gasteiger partial charge >= 0.3 is 0 Å². The number of thiophene rings is 1. The van der Waals surface area contributed by atoms with Gasteiger partial charge in [-0.1, -0.05) is 6.92 Å². The molecule has 0 radical (unpaired) electrons. The van der Waals surface area contributed by atoms with E-state index in [2.05, 4.69) is 30.7 Å². The van der Waals surface area contributed by atoms with Crippen LogP contribution in [0.5, 0.6) is 0 Å². The maximum absolute atomic E-state index is 12.3. The lowest BCUT2D eigenvalue weighted by atomic mass is 10.1. The van der Waals surface area contributed by atoms with Crippen molar-refractivity contribution in [3.63, 3.8) is 0 Å². The molecule has 0 saturated carbocycles. The molecule has 4 heteroatoms. The number of Topliss-reactive ketones (excluding diaryl/α,β-unsaturated/α-hetero) is 1. The fraction of sp³-hybridized carbons (Fsp3) is 0.667. The van der Waals surface area contributed by atoms with E-state index in [0.717, 1.165) is 37.4 Å². The Hall–Kier alpha value is -0.710. The number of nitrogens with zero attached hydrogens (tertiary/aromatic N) is 2. The van der Waals surface area contributed by atoms with Crippen molar-refractivity contribution in [3.05, 3.63) is 21.9 Å². The van der Waals surface area contributed by atoms with Gasteiger partial charge < -0.3 is 4.90 Å². The molecule has 0 bridgehead atoms. The van der Waals surface area contributed by atoms with E-state index in [1.165, 1.54) is 4.88 Å². The second-order valence-corrected chi connectivity index (χ2v) is 6.77. The van der Waals surface area contributed by atoms with Gasteiger partial charge in [-0.05, 0) is 45.5 Å². The van der Waals surface area contributed by atoms with E-state index >= 15 is 0 Å². The van der Waals surface area contributed by atoms with Crippen LogP contribution in [0, 0.1) is 6.92 Å². The van der Waals surface area contributed by atoms with Crippen LogP contribution in [0.2, 0.25) is 0 Å². The highest BCUT2D eigenvalue weighted by Crippen LogP contribution is 2.18. The minimum absolute atomic E-state index is 0.279. The Morgan fingerprint density at radius 2 is 2.21 bits per heavy atom. The highest BCUT2D eigenvalue weighted by molar-refractivity contribution is 7.14. The van der Waals surface area contributed by atoms with Crippen LogP contribution < -0.4 is 0 Å². The van der Waals surface area contributed by atoms with Crippen LogP contribution in [0.4, 0.5) is 0 Å². The van der Waals surface area contributed by atoms with E-state index in [-0.39, 0.29) is 5.78 Å². The molecule has 1 unspecified atom stereocenters. The first kappa shape index (κ1) is 14.7. The quantitative estimate of drug-likeness (QED) is 0.792. The first-order chi connectivity index (χ1) is 9.10. The number of carbonyl (C=O) groups is 1. The predicted octanol–water partition coefficient (Wildman–Crippen LogP) is 2.66. The molecule has 1 aromatic rings. The molecule has 0 amide bonds. The minimum Gasteiger partial charge on any atom is -0.305 e. The van der Waals surface area contributed by atoms with E-state index in [0.29, 0.717) is 12.6 Å². The Morgan fingerprint density at radius 3 is 2.84 bits per heavy atom. The van der Waals surface area contributed by atoms with Crippen molar-refractivity contribution < 1.29 is 4.79 Å². The molecule has 1 aromatic heterocycles. The molecule has 0 spiro atoms. The summed E-state index contributed by atoms with van der Waals surface area (Å²) in [5.74, 6) is 0.279. The van der Waals surface area contributed by atoms with Crippen molar-refractivity contribution in [2.45, 2.75) is 32.7 Å². The van der Waals surface area contributed by atoms with Gasteiger partial charge in [0.1, 0.15) is 0 Å². The van der Waals surface area contributed by atoms with E-state index in [9.17, 15) is 4.79 Å². The summed E-state index contributed by atoms with van der Waals surface area (Å²) in [5.41, 5.74) is 0. The molecule has 1 aliphatic rings. The van der Waals surface area contributed by atoms with Gasteiger partial charge in [0, 0.05) is 24.0 Å². The number of ketones is 1. The summed E-state index contributed by atoms with van der Waals surface area (Å²) in [4.78, 5) is 19.2. The Bertz CT molecular complexity index is 430. The lowest BCUT2D eigenvalue weighted by Crippen LogP contribution is -2.42. The molecule has 0 aromatic carbocycles. The van der Waals surface area contributed by atoms with Crippen LogP contribution >= 0.6 is 11.3 Å². The van der Waals surface area contributed by atoms with Crippen LogP contribution in [-0.4, -0.2) is 54.9 Å². The smallest absolute Gasteiger partial charge is 0.186 e. The molecule has 0 aliphatic carbocycles. The van der Waals surface area contributed by atoms with E-state index in [1.54, 1.807) is 11.3 Å². The SMILES string of the molecule is CCC1CN(C)CCCN1CC(=O)c1ccc(C)s1. The zero-order valence-electron chi connectivity index (χ0n) is 12.2. The molecular weight excluding hydrogens is 256 g/mol. The van der Waals surface area contributed by atoms with Gasteiger partial charge in [-0.25, -0.2) is 0 Å². The average Bonchev–Trinajstić information content (AvgIpc) is 2.73. The summed E-state index contributed by atoms with van der Waals surface area (Å²) in [6, 6.07) is 4.51. The van der Waals surface area contributed by atoms with Gasteiger partial charge in [-0.15, -0.1) is 11.3 Å². The third-order valence-electron chi connectivity index (χ3n) is 3.86. The fourth-order valence-corrected chi connectivity index (χ4v) is 3.53. The molecule has 2 heterocycles. The largest absolute Gasteiger partial charge is 0.305 e. The summed E-state index contributed by atoms with van der Waals surface area (Å²) >= 11 is 1.61. The number of carbonyl (C=O) groups excluding carboxylic acids is 1. The molecule has 1 fully saturated rings. The standard InChI is InChI=1S/C15H24N2OS/c1-4-13-10-16(3)8-5-9-17(13)11-14(18)15-7-6-12(2)19-15/h6-7,13H,4-5,8-11H2,1-3H3. The maximum atomic E-state index is 12.3. The van der Waals surface area contributed by atoms with Gasteiger partial charge in [0.15, 0.2) is 5.78 Å². The zero-order valence-corrected chi connectivity index (χ0v) is 13.0. The Morgan fingerprint density at radius 1 is 1.42 bits per heavy atom. The van der Waals surface area contributed by atoms with Crippen molar-refractivity contribution in [1.29, 1.82) is 0 Å². The maximum Gasteiger partial charge on any atom is 0.186 e. The Labute approximate surface area is 120 Å². The second kappa shape index (κ2) is 6.64. The number of hydrogen-bond donors (Lipinski definition) is 0. The van der Waals surface area contributed by atoms with Crippen molar-refractivity contribution in [3.8, 4) is 0 Å². The third-order valence-corrected chi connectivity index (χ3v) is 4.90. The van der Waals surface area contributed by atoms with E-state index in [4.69, 9.17) is 0 Å². The van der Waals surface area contributed by atoms with Gasteiger partial charge in [0.25, 0.3) is 0 Å². The Kier molecular flexibility index (Phi) is 5.13. The topological polar surface area (TPSA) is 23.6 Å². The highest BCUT2D eigenvalue weighted by Gasteiger charge is 2.24. The van der Waals surface area contributed by atoms with Crippen LogP contribution in [0.3, 0.4) is 0 Å². The van der Waals surface area contributed by atoms with Gasteiger partial charge in [-0.2, -0.15) is 0 Å².